The van der Waals surface area contributed by atoms with Crippen LogP contribution in [0.2, 0.25) is 52.4 Å². The van der Waals surface area contributed by atoms with E-state index < -0.39 is 36.5 Å². The van der Waals surface area contributed by atoms with Gasteiger partial charge in [0.05, 0.1) is 36.5 Å². The van der Waals surface area contributed by atoms with Crippen molar-refractivity contribution in [3.05, 3.63) is 121 Å². The minimum absolute atomic E-state index is 1.67. The number of hydrogen-bond donors (Lipinski definition) is 0. The van der Waals surface area contributed by atoms with E-state index in [2.05, 4.69) is 174 Å². The average Bonchev–Trinajstić information content (AvgIpc) is 2.90. The highest BCUT2D eigenvalue weighted by Gasteiger charge is 2.74. The zero-order valence-corrected chi connectivity index (χ0v) is 29.0. The summed E-state index contributed by atoms with van der Waals surface area (Å²) in [6.45, 7) is 22.3. The van der Waals surface area contributed by atoms with Crippen LogP contribution in [0.4, 0.5) is 0 Å². The molecule has 0 saturated heterocycles. The van der Waals surface area contributed by atoms with Gasteiger partial charge in [0.25, 0.3) is 0 Å². The Morgan fingerprint density at radius 3 is 0.595 bits per heavy atom. The van der Waals surface area contributed by atoms with Crippen molar-refractivity contribution >= 4 is 57.3 Å². The quantitative estimate of drug-likeness (QED) is 0.222. The van der Waals surface area contributed by atoms with Crippen LogP contribution in [0.25, 0.3) is 0 Å². The van der Waals surface area contributed by atoms with Gasteiger partial charge in [-0.3, -0.25) is 0 Å². The summed E-state index contributed by atoms with van der Waals surface area (Å²) in [5, 5.41) is 6.69. The van der Waals surface area contributed by atoms with Gasteiger partial charge in [-0.2, -0.15) is 0 Å². The Kier molecular flexibility index (Phi) is 7.76. The molecule has 4 aromatic carbocycles. The van der Waals surface area contributed by atoms with Gasteiger partial charge >= 0.3 is 0 Å². The SMILES string of the molecule is C[Si](C)(c1ccccc1)[Si]([Si](C)(C)c1ccccc1)([Si](C)(C)c1ccccc1)[Si](C)(C)c1ccccc1. The Hall–Kier alpha value is -2.04. The van der Waals surface area contributed by atoms with Crippen molar-refractivity contribution in [2.75, 3.05) is 0 Å². The minimum Gasteiger partial charge on any atom is -0.0679 e. The van der Waals surface area contributed by atoms with Gasteiger partial charge in [0.2, 0.25) is 0 Å². The number of rotatable bonds is 8. The van der Waals surface area contributed by atoms with Gasteiger partial charge in [0.15, 0.2) is 0 Å². The van der Waals surface area contributed by atoms with Gasteiger partial charge in [-0.05, 0) is 0 Å². The Balaban J connectivity index is 2.24. The molecule has 5 heteroatoms. The van der Waals surface area contributed by atoms with Crippen molar-refractivity contribution in [1.29, 1.82) is 0 Å². The third-order valence-corrected chi connectivity index (χ3v) is 118. The molecule has 0 N–H and O–H groups in total. The average molecular weight is 569 g/mol. The van der Waals surface area contributed by atoms with E-state index in [9.17, 15) is 0 Å². The first-order valence-electron chi connectivity index (χ1n) is 13.6. The van der Waals surface area contributed by atoms with Crippen LogP contribution in [0.1, 0.15) is 0 Å². The largest absolute Gasteiger partial charge is 0.0684 e. The monoisotopic (exact) mass is 568 g/mol. The van der Waals surface area contributed by atoms with Crippen LogP contribution >= 0.6 is 0 Å². The van der Waals surface area contributed by atoms with Crippen molar-refractivity contribution < 1.29 is 0 Å². The van der Waals surface area contributed by atoms with Crippen LogP contribution in [0, 0.1) is 0 Å². The Labute approximate surface area is 230 Å². The Morgan fingerprint density at radius 2 is 0.432 bits per heavy atom. The molecule has 0 heterocycles. The van der Waals surface area contributed by atoms with Crippen molar-refractivity contribution in [3.63, 3.8) is 0 Å². The van der Waals surface area contributed by atoms with Gasteiger partial charge < -0.3 is 0 Å². The molecule has 37 heavy (non-hydrogen) atoms. The second-order valence-electron chi connectivity index (χ2n) is 12.7. The summed E-state index contributed by atoms with van der Waals surface area (Å²) in [4.78, 5) is 0. The van der Waals surface area contributed by atoms with E-state index in [0.29, 0.717) is 0 Å². The molecule has 0 fully saturated rings. The summed E-state index contributed by atoms with van der Waals surface area (Å²) in [6.07, 6.45) is -2.11. The highest BCUT2D eigenvalue weighted by molar-refractivity contribution is 8.10. The summed E-state index contributed by atoms with van der Waals surface area (Å²) in [5.41, 5.74) is 0. The smallest absolute Gasteiger partial charge is 0.0679 e. The Morgan fingerprint density at radius 1 is 0.270 bits per heavy atom. The standard InChI is InChI=1S/C32H44Si5/c1-33(2,29-21-13-9-14-22-29)37(34(3,4)30-23-15-10-16-24-30,35(5,6)31-25-17-11-18-26-31)36(7,8)32-27-19-12-20-28-32/h9-28H,1-8H3. The molecule has 4 rings (SSSR count). The van der Waals surface area contributed by atoms with Crippen LogP contribution < -0.4 is 20.7 Å². The van der Waals surface area contributed by atoms with E-state index in [0.717, 1.165) is 0 Å². The number of hydrogen-bond acceptors (Lipinski definition) is 0. The van der Waals surface area contributed by atoms with Crippen molar-refractivity contribution in [3.8, 4) is 0 Å². The van der Waals surface area contributed by atoms with E-state index in [4.69, 9.17) is 0 Å². The van der Waals surface area contributed by atoms with E-state index in [1.54, 1.807) is 20.7 Å². The normalized spacial score (nSPS) is 13.4. The first kappa shape index (κ1) is 28.0. The van der Waals surface area contributed by atoms with E-state index in [1.807, 2.05) is 0 Å². The lowest BCUT2D eigenvalue weighted by Gasteiger charge is -2.66. The summed E-state index contributed by atoms with van der Waals surface area (Å²) >= 11 is 0. The molecule has 0 unspecified atom stereocenters. The molecular weight excluding hydrogens is 525 g/mol. The van der Waals surface area contributed by atoms with Gasteiger partial charge in [0.1, 0.15) is 0 Å². The van der Waals surface area contributed by atoms with Crippen molar-refractivity contribution in [2.24, 2.45) is 0 Å². The fourth-order valence-corrected chi connectivity index (χ4v) is 159. The molecular formula is C32H44Si5. The summed E-state index contributed by atoms with van der Waals surface area (Å²) < 4.78 is 0. The highest BCUT2D eigenvalue weighted by Crippen LogP contribution is 2.43. The second kappa shape index (κ2) is 10.3. The third kappa shape index (κ3) is 4.29. The molecule has 0 radical (unpaired) electrons. The van der Waals surface area contributed by atoms with E-state index >= 15 is 0 Å². The van der Waals surface area contributed by atoms with Gasteiger partial charge in [-0.25, -0.2) is 0 Å². The molecule has 0 amide bonds. The maximum atomic E-state index is 2.79. The first-order chi connectivity index (χ1) is 17.4. The molecule has 192 valence electrons. The fourth-order valence-electron chi connectivity index (χ4n) is 8.97. The van der Waals surface area contributed by atoms with Crippen LogP contribution in [-0.2, 0) is 0 Å². The summed E-state index contributed by atoms with van der Waals surface area (Å²) in [6, 6.07) is 47.2. The van der Waals surface area contributed by atoms with Crippen molar-refractivity contribution in [1.82, 2.24) is 0 Å². The molecule has 0 aliphatic rings. The molecule has 0 nitrogen and oxygen atoms in total. The molecule has 0 aliphatic carbocycles. The molecule has 0 spiro atoms. The maximum Gasteiger partial charge on any atom is 0.0684 e. The lowest BCUT2D eigenvalue weighted by molar-refractivity contribution is 1.68. The number of benzene rings is 4. The van der Waals surface area contributed by atoms with Gasteiger partial charge in [-0.1, -0.05) is 194 Å². The van der Waals surface area contributed by atoms with Crippen molar-refractivity contribution in [2.45, 2.75) is 52.4 Å². The zero-order valence-electron chi connectivity index (χ0n) is 24.0. The molecule has 0 aliphatic heterocycles. The maximum absolute atomic E-state index is 2.79. The van der Waals surface area contributed by atoms with Crippen LogP contribution in [0.15, 0.2) is 121 Å². The second-order valence-corrected chi connectivity index (χ2v) is 62.5. The predicted octanol–water partition coefficient (Wildman–Crippen LogP) is 6.21. The van der Waals surface area contributed by atoms with Gasteiger partial charge in [0, 0.05) is 0 Å². The van der Waals surface area contributed by atoms with Crippen LogP contribution in [-0.4, -0.2) is 36.5 Å². The molecule has 0 bridgehead atoms. The first-order valence-corrected chi connectivity index (χ1v) is 31.6. The minimum atomic E-state index is -2.11. The topological polar surface area (TPSA) is 0 Å². The summed E-state index contributed by atoms with van der Waals surface area (Å²) in [5.74, 6) is 0. The van der Waals surface area contributed by atoms with Gasteiger partial charge in [-0.15, -0.1) is 0 Å². The highest BCUT2D eigenvalue weighted by atomic mass is 30.2. The molecule has 0 atom stereocenters. The summed E-state index contributed by atoms with van der Waals surface area (Å²) in [7, 11) is -7.96. The molecule has 0 saturated carbocycles. The Bertz CT molecular complexity index is 1090. The van der Waals surface area contributed by atoms with Crippen LogP contribution in [0.3, 0.4) is 0 Å². The lowest BCUT2D eigenvalue weighted by Crippen LogP contribution is -3.01. The molecule has 0 aromatic heterocycles. The van der Waals surface area contributed by atoms with E-state index in [-0.39, 0.29) is 0 Å². The third-order valence-electron chi connectivity index (χ3n) is 9.73. The fraction of sp³-hybridized carbons (Fsp3) is 0.250. The zero-order chi connectivity index (χ0) is 27.0. The lowest BCUT2D eigenvalue weighted by atomic mass is 10.4. The van der Waals surface area contributed by atoms with Crippen LogP contribution in [0.5, 0.6) is 0 Å². The molecule has 4 aromatic rings. The predicted molar refractivity (Wildman–Crippen MR) is 180 cm³/mol. The van der Waals surface area contributed by atoms with E-state index in [1.165, 1.54) is 0 Å².